The van der Waals surface area contributed by atoms with Gasteiger partial charge in [-0.15, -0.1) is 0 Å². The van der Waals surface area contributed by atoms with Gasteiger partial charge in [0, 0.05) is 28.7 Å². The van der Waals surface area contributed by atoms with Crippen LogP contribution in [-0.4, -0.2) is 20.6 Å². The fraction of sp³-hybridized carbons (Fsp3) is 0.182. The number of hydrogen-bond donors (Lipinski definition) is 0. The van der Waals surface area contributed by atoms with Crippen molar-refractivity contribution >= 4 is 63.1 Å². The van der Waals surface area contributed by atoms with Crippen molar-refractivity contribution in [2.24, 2.45) is 0 Å². The first-order chi connectivity index (χ1) is 13.8. The Hall–Kier alpha value is -2.21. The minimum absolute atomic E-state index is 0.159. The lowest BCUT2D eigenvalue weighted by Crippen LogP contribution is -2.27. The van der Waals surface area contributed by atoms with Gasteiger partial charge in [0.2, 0.25) is 0 Å². The van der Waals surface area contributed by atoms with Gasteiger partial charge in [-0.1, -0.05) is 47.5 Å². The molecule has 148 valence electrons. The van der Waals surface area contributed by atoms with Crippen molar-refractivity contribution in [3.05, 3.63) is 74.7 Å². The molecule has 7 heteroatoms. The van der Waals surface area contributed by atoms with Crippen LogP contribution in [0.4, 0.5) is 4.79 Å². The Labute approximate surface area is 183 Å². The standard InChI is InChI=1S/C22H18Cl2N2O2S/c1-13(2)25-12-15(16-5-3-4-6-19(16)25)10-20-21(27)26(22(28)29-20)11-14-7-8-17(23)18(24)9-14/h3-10,12-13H,11H2,1-2H3/b20-10-. The summed E-state index contributed by atoms with van der Waals surface area (Å²) in [6.07, 6.45) is 3.84. The van der Waals surface area contributed by atoms with Crippen LogP contribution >= 0.6 is 35.0 Å². The van der Waals surface area contributed by atoms with Crippen molar-refractivity contribution in [1.29, 1.82) is 0 Å². The number of fused-ring (bicyclic) bond motifs is 1. The molecular weight excluding hydrogens is 427 g/mol. The van der Waals surface area contributed by atoms with Crippen molar-refractivity contribution < 1.29 is 9.59 Å². The molecule has 0 unspecified atom stereocenters. The summed E-state index contributed by atoms with van der Waals surface area (Å²) >= 11 is 13.0. The quantitative estimate of drug-likeness (QED) is 0.417. The number of imide groups is 1. The number of thioether (sulfide) groups is 1. The molecule has 0 bridgehead atoms. The van der Waals surface area contributed by atoms with E-state index < -0.39 is 0 Å². The summed E-state index contributed by atoms with van der Waals surface area (Å²) in [6, 6.07) is 13.4. The highest BCUT2D eigenvalue weighted by molar-refractivity contribution is 8.18. The van der Waals surface area contributed by atoms with Crippen LogP contribution in [0, 0.1) is 0 Å². The lowest BCUT2D eigenvalue weighted by atomic mass is 10.1. The minimum atomic E-state index is -0.299. The summed E-state index contributed by atoms with van der Waals surface area (Å²) in [5.74, 6) is -0.299. The molecule has 2 heterocycles. The molecule has 0 aliphatic carbocycles. The second kappa shape index (κ2) is 7.90. The molecule has 1 aliphatic heterocycles. The molecule has 0 saturated carbocycles. The number of carbonyl (C=O) groups excluding carboxylic acids is 2. The highest BCUT2D eigenvalue weighted by Gasteiger charge is 2.35. The Morgan fingerprint density at radius 1 is 1.07 bits per heavy atom. The van der Waals surface area contributed by atoms with Crippen LogP contribution in [0.3, 0.4) is 0 Å². The van der Waals surface area contributed by atoms with E-state index in [-0.39, 0.29) is 23.7 Å². The normalized spacial score (nSPS) is 16.0. The topological polar surface area (TPSA) is 42.3 Å². The molecule has 1 aliphatic rings. The van der Waals surface area contributed by atoms with E-state index in [1.807, 2.05) is 24.4 Å². The number of nitrogens with zero attached hydrogens (tertiary/aromatic N) is 2. The van der Waals surface area contributed by atoms with E-state index >= 15 is 0 Å². The zero-order chi connectivity index (χ0) is 20.7. The Bertz CT molecular complexity index is 1170. The average molecular weight is 445 g/mol. The molecule has 0 N–H and O–H groups in total. The van der Waals surface area contributed by atoms with Crippen LogP contribution in [0.25, 0.3) is 17.0 Å². The molecule has 4 rings (SSSR count). The first-order valence-electron chi connectivity index (χ1n) is 9.14. The van der Waals surface area contributed by atoms with Gasteiger partial charge in [-0.3, -0.25) is 14.5 Å². The summed E-state index contributed by atoms with van der Waals surface area (Å²) in [5, 5.41) is 1.59. The zero-order valence-corrected chi connectivity index (χ0v) is 18.2. The lowest BCUT2D eigenvalue weighted by molar-refractivity contribution is -0.123. The van der Waals surface area contributed by atoms with Gasteiger partial charge in [-0.2, -0.15) is 0 Å². The van der Waals surface area contributed by atoms with E-state index in [1.54, 1.807) is 24.3 Å². The number of hydrogen-bond acceptors (Lipinski definition) is 3. The molecular formula is C22H18Cl2N2O2S. The van der Waals surface area contributed by atoms with Gasteiger partial charge in [0.25, 0.3) is 11.1 Å². The van der Waals surface area contributed by atoms with Crippen molar-refractivity contribution in [2.45, 2.75) is 26.4 Å². The number of carbonyl (C=O) groups is 2. The lowest BCUT2D eigenvalue weighted by Gasteiger charge is -2.12. The van der Waals surface area contributed by atoms with Crippen molar-refractivity contribution in [2.75, 3.05) is 0 Å². The Morgan fingerprint density at radius 3 is 2.55 bits per heavy atom. The summed E-state index contributed by atoms with van der Waals surface area (Å²) in [4.78, 5) is 27.0. The van der Waals surface area contributed by atoms with Gasteiger partial charge in [0.1, 0.15) is 0 Å². The number of aromatic nitrogens is 1. The van der Waals surface area contributed by atoms with Crippen LogP contribution in [-0.2, 0) is 11.3 Å². The minimum Gasteiger partial charge on any atom is -0.344 e. The van der Waals surface area contributed by atoms with E-state index in [0.29, 0.717) is 15.0 Å². The molecule has 1 saturated heterocycles. The van der Waals surface area contributed by atoms with E-state index in [0.717, 1.165) is 33.8 Å². The van der Waals surface area contributed by atoms with E-state index in [4.69, 9.17) is 23.2 Å². The fourth-order valence-corrected chi connectivity index (χ4v) is 4.52. The fourth-order valence-electron chi connectivity index (χ4n) is 3.37. The molecule has 2 aromatic carbocycles. The maximum atomic E-state index is 12.9. The third kappa shape index (κ3) is 3.82. The third-order valence-corrected chi connectivity index (χ3v) is 6.46. The van der Waals surface area contributed by atoms with Gasteiger partial charge in [-0.25, -0.2) is 0 Å². The zero-order valence-electron chi connectivity index (χ0n) is 15.9. The van der Waals surface area contributed by atoms with Crippen LogP contribution in [0.15, 0.2) is 53.6 Å². The second-order valence-corrected chi connectivity index (χ2v) is 8.93. The SMILES string of the molecule is CC(C)n1cc(/C=C2\SC(=O)N(Cc3ccc(Cl)c(Cl)c3)C2=O)c2ccccc21. The second-order valence-electron chi connectivity index (χ2n) is 7.12. The molecule has 2 amide bonds. The van der Waals surface area contributed by atoms with Crippen LogP contribution < -0.4 is 0 Å². The van der Waals surface area contributed by atoms with E-state index in [2.05, 4.69) is 24.5 Å². The smallest absolute Gasteiger partial charge is 0.293 e. The summed E-state index contributed by atoms with van der Waals surface area (Å²) in [7, 11) is 0. The Kier molecular flexibility index (Phi) is 5.47. The number of benzene rings is 2. The first kappa shape index (κ1) is 20.1. The number of amides is 2. The molecule has 0 atom stereocenters. The van der Waals surface area contributed by atoms with Gasteiger partial charge in [-0.05, 0) is 55.4 Å². The van der Waals surface area contributed by atoms with Gasteiger partial charge in [0.05, 0.1) is 21.5 Å². The Morgan fingerprint density at radius 2 is 1.83 bits per heavy atom. The molecule has 3 aromatic rings. The van der Waals surface area contributed by atoms with Crippen LogP contribution in [0.1, 0.15) is 31.0 Å². The van der Waals surface area contributed by atoms with Gasteiger partial charge >= 0.3 is 0 Å². The Balaban J connectivity index is 1.66. The summed E-state index contributed by atoms with van der Waals surface area (Å²) in [5.41, 5.74) is 2.78. The maximum Gasteiger partial charge on any atom is 0.293 e. The molecule has 4 nitrogen and oxygen atoms in total. The highest BCUT2D eigenvalue weighted by Crippen LogP contribution is 2.36. The monoisotopic (exact) mass is 444 g/mol. The predicted octanol–water partition coefficient (Wildman–Crippen LogP) is 6.77. The highest BCUT2D eigenvalue weighted by atomic mass is 35.5. The van der Waals surface area contributed by atoms with E-state index in [9.17, 15) is 9.59 Å². The molecule has 29 heavy (non-hydrogen) atoms. The van der Waals surface area contributed by atoms with Crippen molar-refractivity contribution in [3.8, 4) is 0 Å². The molecule has 1 aromatic heterocycles. The summed E-state index contributed by atoms with van der Waals surface area (Å²) < 4.78 is 2.17. The summed E-state index contributed by atoms with van der Waals surface area (Å²) in [6.45, 7) is 4.38. The predicted molar refractivity (Wildman–Crippen MR) is 120 cm³/mol. The largest absolute Gasteiger partial charge is 0.344 e. The van der Waals surface area contributed by atoms with Crippen LogP contribution in [0.5, 0.6) is 0 Å². The van der Waals surface area contributed by atoms with Gasteiger partial charge in [0.15, 0.2) is 0 Å². The van der Waals surface area contributed by atoms with Crippen LogP contribution in [0.2, 0.25) is 10.0 Å². The maximum absolute atomic E-state index is 12.9. The number of rotatable bonds is 4. The molecule has 0 radical (unpaired) electrons. The van der Waals surface area contributed by atoms with Crippen molar-refractivity contribution in [3.63, 3.8) is 0 Å². The average Bonchev–Trinajstić information content (AvgIpc) is 3.18. The van der Waals surface area contributed by atoms with E-state index in [1.165, 1.54) is 4.90 Å². The van der Waals surface area contributed by atoms with Crippen molar-refractivity contribution in [1.82, 2.24) is 9.47 Å². The molecule has 0 spiro atoms. The molecule has 1 fully saturated rings. The van der Waals surface area contributed by atoms with Gasteiger partial charge < -0.3 is 4.57 Å². The number of halogens is 2. The third-order valence-electron chi connectivity index (χ3n) is 4.81. The number of para-hydroxylation sites is 1. The first-order valence-corrected chi connectivity index (χ1v) is 10.7.